The molecule has 140 valence electrons. The SMILES string of the molecule is COc1cc2c(Nc3ccc(F)c(F)c3)nc(-c3cccnc3)nc2cc1C. The highest BCUT2D eigenvalue weighted by atomic mass is 19.2. The third kappa shape index (κ3) is 3.34. The molecular formula is C21H16F2N4O. The van der Waals surface area contributed by atoms with E-state index in [1.165, 1.54) is 6.07 Å². The summed E-state index contributed by atoms with van der Waals surface area (Å²) < 4.78 is 32.3. The van der Waals surface area contributed by atoms with Gasteiger partial charge in [0.15, 0.2) is 17.5 Å². The highest BCUT2D eigenvalue weighted by Crippen LogP contribution is 2.32. The number of hydrogen-bond donors (Lipinski definition) is 1. The van der Waals surface area contributed by atoms with Crippen molar-refractivity contribution in [2.24, 2.45) is 0 Å². The van der Waals surface area contributed by atoms with E-state index in [1.54, 1.807) is 25.6 Å². The quantitative estimate of drug-likeness (QED) is 0.540. The highest BCUT2D eigenvalue weighted by Gasteiger charge is 2.13. The summed E-state index contributed by atoms with van der Waals surface area (Å²) in [5.74, 6) is -0.252. The maximum absolute atomic E-state index is 13.6. The standard InChI is InChI=1S/C21H16F2N4O/c1-12-8-18-15(10-19(12)28-2)21(25-14-5-6-16(22)17(23)9-14)27-20(26-18)13-4-3-7-24-11-13/h3-11H,1-2H3,(H,25,26,27). The van der Waals surface area contributed by atoms with Crippen molar-refractivity contribution in [3.63, 3.8) is 0 Å². The van der Waals surface area contributed by atoms with Crippen LogP contribution in [-0.4, -0.2) is 22.1 Å². The van der Waals surface area contributed by atoms with Gasteiger partial charge in [-0.05, 0) is 48.9 Å². The number of pyridine rings is 1. The summed E-state index contributed by atoms with van der Waals surface area (Å²) in [6, 6.07) is 11.0. The molecule has 2 heterocycles. The number of hydrogen-bond acceptors (Lipinski definition) is 5. The first-order chi connectivity index (χ1) is 13.5. The molecule has 7 heteroatoms. The fourth-order valence-corrected chi connectivity index (χ4v) is 2.91. The third-order valence-corrected chi connectivity index (χ3v) is 4.31. The van der Waals surface area contributed by atoms with Crippen molar-refractivity contribution in [2.75, 3.05) is 12.4 Å². The number of halogens is 2. The van der Waals surface area contributed by atoms with E-state index in [0.717, 1.165) is 23.3 Å². The van der Waals surface area contributed by atoms with Gasteiger partial charge in [0.25, 0.3) is 0 Å². The first-order valence-electron chi connectivity index (χ1n) is 8.54. The summed E-state index contributed by atoms with van der Waals surface area (Å²) in [5, 5.41) is 3.76. The van der Waals surface area contributed by atoms with Gasteiger partial charge in [0, 0.05) is 35.1 Å². The second-order valence-electron chi connectivity index (χ2n) is 6.23. The van der Waals surface area contributed by atoms with E-state index < -0.39 is 11.6 Å². The molecule has 5 nitrogen and oxygen atoms in total. The van der Waals surface area contributed by atoms with Gasteiger partial charge in [-0.15, -0.1) is 0 Å². The average molecular weight is 378 g/mol. The topological polar surface area (TPSA) is 59.9 Å². The van der Waals surface area contributed by atoms with Crippen LogP contribution >= 0.6 is 0 Å². The summed E-state index contributed by atoms with van der Waals surface area (Å²) in [4.78, 5) is 13.3. The van der Waals surface area contributed by atoms with Crippen LogP contribution in [0.3, 0.4) is 0 Å². The molecule has 0 amide bonds. The number of anilines is 2. The maximum atomic E-state index is 13.6. The van der Waals surface area contributed by atoms with Crippen LogP contribution < -0.4 is 10.1 Å². The molecule has 1 N–H and O–H groups in total. The zero-order valence-electron chi connectivity index (χ0n) is 15.2. The lowest BCUT2D eigenvalue weighted by Crippen LogP contribution is -2.01. The van der Waals surface area contributed by atoms with Crippen LogP contribution in [0.4, 0.5) is 20.3 Å². The number of nitrogens with zero attached hydrogens (tertiary/aromatic N) is 3. The smallest absolute Gasteiger partial charge is 0.163 e. The minimum Gasteiger partial charge on any atom is -0.496 e. The summed E-state index contributed by atoms with van der Waals surface area (Å²) in [5.41, 5.74) is 2.73. The minimum atomic E-state index is -0.940. The van der Waals surface area contributed by atoms with Gasteiger partial charge in [-0.3, -0.25) is 4.98 Å². The van der Waals surface area contributed by atoms with E-state index in [1.807, 2.05) is 25.1 Å². The van der Waals surface area contributed by atoms with Gasteiger partial charge in [-0.2, -0.15) is 0 Å². The normalized spacial score (nSPS) is 10.9. The van der Waals surface area contributed by atoms with E-state index >= 15 is 0 Å². The van der Waals surface area contributed by atoms with Crippen molar-refractivity contribution in [1.82, 2.24) is 15.0 Å². The van der Waals surface area contributed by atoms with Gasteiger partial charge in [-0.25, -0.2) is 18.7 Å². The Balaban J connectivity index is 1.91. The number of nitrogens with one attached hydrogen (secondary N) is 1. The Morgan fingerprint density at radius 2 is 1.86 bits per heavy atom. The molecule has 4 rings (SSSR count). The van der Waals surface area contributed by atoms with Crippen LogP contribution in [0, 0.1) is 18.6 Å². The van der Waals surface area contributed by atoms with E-state index in [-0.39, 0.29) is 0 Å². The number of aryl methyl sites for hydroxylation is 1. The Morgan fingerprint density at radius 3 is 2.57 bits per heavy atom. The lowest BCUT2D eigenvalue weighted by molar-refractivity contribution is 0.412. The molecule has 0 radical (unpaired) electrons. The van der Waals surface area contributed by atoms with Crippen molar-refractivity contribution < 1.29 is 13.5 Å². The van der Waals surface area contributed by atoms with E-state index in [0.29, 0.717) is 34.0 Å². The third-order valence-electron chi connectivity index (χ3n) is 4.31. The molecule has 0 atom stereocenters. The van der Waals surface area contributed by atoms with Crippen molar-refractivity contribution in [3.8, 4) is 17.1 Å². The number of benzene rings is 2. The molecule has 0 aliphatic rings. The van der Waals surface area contributed by atoms with Crippen molar-refractivity contribution >= 4 is 22.4 Å². The van der Waals surface area contributed by atoms with Crippen molar-refractivity contribution in [2.45, 2.75) is 6.92 Å². The van der Waals surface area contributed by atoms with Crippen molar-refractivity contribution in [1.29, 1.82) is 0 Å². The predicted octanol–water partition coefficient (Wildman–Crippen LogP) is 5.03. The molecule has 0 fully saturated rings. The number of methoxy groups -OCH3 is 1. The lowest BCUT2D eigenvalue weighted by Gasteiger charge is -2.13. The summed E-state index contributed by atoms with van der Waals surface area (Å²) in [6.45, 7) is 1.92. The molecule has 0 bridgehead atoms. The van der Waals surface area contributed by atoms with E-state index in [2.05, 4.69) is 20.3 Å². The fourth-order valence-electron chi connectivity index (χ4n) is 2.91. The molecule has 2 aromatic carbocycles. The number of rotatable bonds is 4. The lowest BCUT2D eigenvalue weighted by atomic mass is 10.1. The van der Waals surface area contributed by atoms with Crippen LogP contribution in [-0.2, 0) is 0 Å². The summed E-state index contributed by atoms with van der Waals surface area (Å²) in [6.07, 6.45) is 3.33. The van der Waals surface area contributed by atoms with Crippen LogP contribution in [0.5, 0.6) is 5.75 Å². The Hall–Kier alpha value is -3.61. The molecule has 4 aromatic rings. The Morgan fingerprint density at radius 1 is 1.00 bits per heavy atom. The minimum absolute atomic E-state index is 0.371. The highest BCUT2D eigenvalue weighted by molar-refractivity contribution is 5.93. The number of ether oxygens (including phenoxy) is 1. The van der Waals surface area contributed by atoms with Gasteiger partial charge in [0.05, 0.1) is 12.6 Å². The first-order valence-corrected chi connectivity index (χ1v) is 8.54. The van der Waals surface area contributed by atoms with Crippen LogP contribution in [0.1, 0.15) is 5.56 Å². The van der Waals surface area contributed by atoms with Crippen LogP contribution in [0.25, 0.3) is 22.3 Å². The second kappa shape index (κ2) is 7.19. The molecule has 0 aliphatic heterocycles. The largest absolute Gasteiger partial charge is 0.496 e. The van der Waals surface area contributed by atoms with Crippen LogP contribution in [0.2, 0.25) is 0 Å². The zero-order valence-corrected chi connectivity index (χ0v) is 15.2. The Bertz CT molecular complexity index is 1170. The van der Waals surface area contributed by atoms with Gasteiger partial charge >= 0.3 is 0 Å². The maximum Gasteiger partial charge on any atom is 0.163 e. The van der Waals surface area contributed by atoms with Crippen molar-refractivity contribution in [3.05, 3.63) is 72.1 Å². The molecule has 2 aromatic heterocycles. The predicted molar refractivity (Wildman–Crippen MR) is 104 cm³/mol. The first kappa shape index (κ1) is 17.8. The monoisotopic (exact) mass is 378 g/mol. The molecule has 0 saturated carbocycles. The molecular weight excluding hydrogens is 362 g/mol. The Labute approximate surface area is 160 Å². The van der Waals surface area contributed by atoms with E-state index in [4.69, 9.17) is 4.74 Å². The van der Waals surface area contributed by atoms with Gasteiger partial charge in [0.2, 0.25) is 0 Å². The molecule has 0 unspecified atom stereocenters. The summed E-state index contributed by atoms with van der Waals surface area (Å²) >= 11 is 0. The molecule has 0 spiro atoms. The van der Waals surface area contributed by atoms with Gasteiger partial charge < -0.3 is 10.1 Å². The number of fused-ring (bicyclic) bond motifs is 1. The van der Waals surface area contributed by atoms with Crippen LogP contribution in [0.15, 0.2) is 54.9 Å². The zero-order chi connectivity index (χ0) is 19.7. The molecule has 28 heavy (non-hydrogen) atoms. The van der Waals surface area contributed by atoms with Gasteiger partial charge in [0.1, 0.15) is 11.6 Å². The summed E-state index contributed by atoms with van der Waals surface area (Å²) in [7, 11) is 1.58. The fraction of sp³-hybridized carbons (Fsp3) is 0.0952. The Kier molecular flexibility index (Phi) is 4.57. The van der Waals surface area contributed by atoms with Gasteiger partial charge in [-0.1, -0.05) is 0 Å². The molecule has 0 aliphatic carbocycles. The average Bonchev–Trinajstić information content (AvgIpc) is 2.70. The second-order valence-corrected chi connectivity index (χ2v) is 6.23. The number of aromatic nitrogens is 3. The van der Waals surface area contributed by atoms with E-state index in [9.17, 15) is 8.78 Å². The molecule has 0 saturated heterocycles.